The standard InChI is InChI=1S/C22H26FN5O/c1-15(26-22(29)12-17-13-25-20-14-24-6-5-18(17)20)16-3-4-21(19(23)11-16)28-9-7-27(2)8-10-28/h3-6,11,13-15,25H,7-10,12H2,1-2H3,(H,26,29). The van der Waals surface area contributed by atoms with Crippen LogP contribution in [0, 0.1) is 5.82 Å². The molecular formula is C22H26FN5O. The molecule has 152 valence electrons. The van der Waals surface area contributed by atoms with Gasteiger partial charge in [0.25, 0.3) is 0 Å². The SMILES string of the molecule is CC(NC(=O)Cc1c[nH]c2cnccc12)c1ccc(N2CCN(C)CC2)c(F)c1. The molecule has 1 atom stereocenters. The molecule has 1 unspecified atom stereocenters. The third kappa shape index (κ3) is 4.24. The van der Waals surface area contributed by atoms with Crippen LogP contribution in [-0.4, -0.2) is 54.0 Å². The number of H-pyrrole nitrogens is 1. The summed E-state index contributed by atoms with van der Waals surface area (Å²) < 4.78 is 14.7. The number of rotatable bonds is 5. The molecule has 7 heteroatoms. The zero-order chi connectivity index (χ0) is 20.4. The predicted octanol–water partition coefficient (Wildman–Crippen LogP) is 2.87. The maximum Gasteiger partial charge on any atom is 0.224 e. The molecule has 0 aliphatic carbocycles. The number of halogens is 1. The molecule has 29 heavy (non-hydrogen) atoms. The molecule has 1 aliphatic rings. The fourth-order valence-corrected chi connectivity index (χ4v) is 3.82. The van der Waals surface area contributed by atoms with Crippen molar-refractivity contribution in [2.24, 2.45) is 0 Å². The molecule has 0 bridgehead atoms. The number of nitrogens with one attached hydrogen (secondary N) is 2. The highest BCUT2D eigenvalue weighted by atomic mass is 19.1. The Morgan fingerprint density at radius 3 is 2.83 bits per heavy atom. The van der Waals surface area contributed by atoms with E-state index in [1.54, 1.807) is 12.4 Å². The van der Waals surface area contributed by atoms with Crippen molar-refractivity contribution < 1.29 is 9.18 Å². The molecule has 0 spiro atoms. The van der Waals surface area contributed by atoms with E-state index in [1.807, 2.05) is 31.3 Å². The number of hydrogen-bond donors (Lipinski definition) is 2. The summed E-state index contributed by atoms with van der Waals surface area (Å²) in [5.41, 5.74) is 3.22. The van der Waals surface area contributed by atoms with Crippen molar-refractivity contribution >= 4 is 22.5 Å². The summed E-state index contributed by atoms with van der Waals surface area (Å²) in [6, 6.07) is 6.88. The van der Waals surface area contributed by atoms with Crippen LogP contribution in [0.3, 0.4) is 0 Å². The number of piperazine rings is 1. The molecule has 3 aromatic rings. The fraction of sp³-hybridized carbons (Fsp3) is 0.364. The number of benzene rings is 1. The molecule has 2 aromatic heterocycles. The van der Waals surface area contributed by atoms with Crippen LogP contribution in [0.1, 0.15) is 24.1 Å². The van der Waals surface area contributed by atoms with Crippen LogP contribution < -0.4 is 10.2 Å². The van der Waals surface area contributed by atoms with Gasteiger partial charge in [-0.25, -0.2) is 4.39 Å². The molecule has 0 saturated carbocycles. The number of aromatic nitrogens is 2. The lowest BCUT2D eigenvalue weighted by Crippen LogP contribution is -2.44. The van der Waals surface area contributed by atoms with E-state index < -0.39 is 0 Å². The zero-order valence-corrected chi connectivity index (χ0v) is 16.8. The van der Waals surface area contributed by atoms with E-state index in [2.05, 4.69) is 32.1 Å². The summed E-state index contributed by atoms with van der Waals surface area (Å²) in [5, 5.41) is 3.97. The molecule has 2 N–H and O–H groups in total. The topological polar surface area (TPSA) is 64.3 Å². The summed E-state index contributed by atoms with van der Waals surface area (Å²) in [5.74, 6) is -0.337. The van der Waals surface area contributed by atoms with Crippen LogP contribution in [0.4, 0.5) is 10.1 Å². The first-order valence-electron chi connectivity index (χ1n) is 9.93. The molecule has 6 nitrogen and oxygen atoms in total. The minimum absolute atomic E-state index is 0.0984. The lowest BCUT2D eigenvalue weighted by atomic mass is 10.1. The first kappa shape index (κ1) is 19.4. The molecule has 1 aliphatic heterocycles. The molecule has 1 amide bonds. The normalized spacial score (nSPS) is 16.2. The number of amides is 1. The van der Waals surface area contributed by atoms with Crippen LogP contribution in [0.15, 0.2) is 42.9 Å². The van der Waals surface area contributed by atoms with E-state index >= 15 is 0 Å². The predicted molar refractivity (Wildman–Crippen MR) is 112 cm³/mol. The molecular weight excluding hydrogens is 369 g/mol. The highest BCUT2D eigenvalue weighted by molar-refractivity contribution is 5.88. The van der Waals surface area contributed by atoms with Gasteiger partial charge in [-0.3, -0.25) is 9.78 Å². The Balaban J connectivity index is 1.40. The van der Waals surface area contributed by atoms with Gasteiger partial charge in [0.1, 0.15) is 5.82 Å². The number of carbonyl (C=O) groups is 1. The van der Waals surface area contributed by atoms with Gasteiger partial charge in [0, 0.05) is 44.0 Å². The number of pyridine rings is 1. The Bertz CT molecular complexity index is 1010. The quantitative estimate of drug-likeness (QED) is 0.697. The number of anilines is 1. The Morgan fingerprint density at radius 1 is 1.28 bits per heavy atom. The van der Waals surface area contributed by atoms with Crippen LogP contribution in [0.5, 0.6) is 0 Å². The second-order valence-electron chi connectivity index (χ2n) is 7.70. The molecule has 0 radical (unpaired) electrons. The summed E-state index contributed by atoms with van der Waals surface area (Å²) >= 11 is 0. The Labute approximate surface area is 169 Å². The number of aromatic amines is 1. The summed E-state index contributed by atoms with van der Waals surface area (Å²) in [6.07, 6.45) is 5.55. The lowest BCUT2D eigenvalue weighted by Gasteiger charge is -2.34. The van der Waals surface area contributed by atoms with E-state index in [1.165, 1.54) is 6.07 Å². The van der Waals surface area contributed by atoms with Crippen molar-refractivity contribution in [2.45, 2.75) is 19.4 Å². The number of fused-ring (bicyclic) bond motifs is 1. The average Bonchev–Trinajstić information content (AvgIpc) is 3.11. The van der Waals surface area contributed by atoms with Crippen LogP contribution in [-0.2, 0) is 11.2 Å². The van der Waals surface area contributed by atoms with Gasteiger partial charge >= 0.3 is 0 Å². The third-order valence-corrected chi connectivity index (χ3v) is 5.61. The highest BCUT2D eigenvalue weighted by Gasteiger charge is 2.19. The average molecular weight is 395 g/mol. The molecule has 3 heterocycles. The van der Waals surface area contributed by atoms with E-state index in [0.717, 1.165) is 48.2 Å². The zero-order valence-electron chi connectivity index (χ0n) is 16.8. The fourth-order valence-electron chi connectivity index (χ4n) is 3.82. The molecule has 1 fully saturated rings. The summed E-state index contributed by atoms with van der Waals surface area (Å²) in [4.78, 5) is 24.0. The summed E-state index contributed by atoms with van der Waals surface area (Å²) in [7, 11) is 2.08. The number of nitrogens with zero attached hydrogens (tertiary/aromatic N) is 3. The van der Waals surface area contributed by atoms with Crippen LogP contribution >= 0.6 is 0 Å². The van der Waals surface area contributed by atoms with Gasteiger partial charge in [-0.05, 0) is 43.3 Å². The Kier molecular flexibility index (Phi) is 5.49. The maximum atomic E-state index is 14.7. The lowest BCUT2D eigenvalue weighted by molar-refractivity contribution is -0.121. The number of hydrogen-bond acceptors (Lipinski definition) is 4. The maximum absolute atomic E-state index is 14.7. The monoisotopic (exact) mass is 395 g/mol. The van der Waals surface area contributed by atoms with Gasteiger partial charge in [-0.15, -0.1) is 0 Å². The van der Waals surface area contributed by atoms with Gasteiger partial charge in [-0.1, -0.05) is 6.07 Å². The van der Waals surface area contributed by atoms with Crippen molar-refractivity contribution in [3.05, 3.63) is 59.8 Å². The van der Waals surface area contributed by atoms with Crippen LogP contribution in [0.2, 0.25) is 0 Å². The van der Waals surface area contributed by atoms with Crippen molar-refractivity contribution in [1.82, 2.24) is 20.2 Å². The number of carbonyl (C=O) groups excluding carboxylic acids is 1. The molecule has 1 aromatic carbocycles. The minimum Gasteiger partial charge on any atom is -0.367 e. The molecule has 4 rings (SSSR count). The smallest absolute Gasteiger partial charge is 0.224 e. The largest absolute Gasteiger partial charge is 0.367 e. The Hall–Kier alpha value is -2.93. The second kappa shape index (κ2) is 8.21. The Morgan fingerprint density at radius 2 is 2.07 bits per heavy atom. The minimum atomic E-state index is -0.273. The first-order chi connectivity index (χ1) is 14.0. The van der Waals surface area contributed by atoms with Gasteiger partial charge < -0.3 is 20.1 Å². The van der Waals surface area contributed by atoms with Crippen molar-refractivity contribution in [1.29, 1.82) is 0 Å². The third-order valence-electron chi connectivity index (χ3n) is 5.61. The van der Waals surface area contributed by atoms with Gasteiger partial charge in [0.15, 0.2) is 0 Å². The van der Waals surface area contributed by atoms with E-state index in [4.69, 9.17) is 0 Å². The number of likely N-dealkylation sites (N-methyl/N-ethyl adjacent to an activating group) is 1. The first-order valence-corrected chi connectivity index (χ1v) is 9.93. The van der Waals surface area contributed by atoms with Crippen molar-refractivity contribution in [2.75, 3.05) is 38.1 Å². The summed E-state index contributed by atoms with van der Waals surface area (Å²) in [6.45, 7) is 5.37. The highest BCUT2D eigenvalue weighted by Crippen LogP contribution is 2.25. The van der Waals surface area contributed by atoms with Crippen LogP contribution in [0.25, 0.3) is 10.9 Å². The van der Waals surface area contributed by atoms with Crippen molar-refractivity contribution in [3.8, 4) is 0 Å². The van der Waals surface area contributed by atoms with E-state index in [-0.39, 0.29) is 24.2 Å². The van der Waals surface area contributed by atoms with Crippen molar-refractivity contribution in [3.63, 3.8) is 0 Å². The van der Waals surface area contributed by atoms with Gasteiger partial charge in [0.2, 0.25) is 5.91 Å². The van der Waals surface area contributed by atoms with E-state index in [9.17, 15) is 9.18 Å². The second-order valence-corrected chi connectivity index (χ2v) is 7.70. The van der Waals surface area contributed by atoms with Gasteiger partial charge in [-0.2, -0.15) is 0 Å². The molecule has 1 saturated heterocycles. The van der Waals surface area contributed by atoms with E-state index in [0.29, 0.717) is 5.69 Å². The van der Waals surface area contributed by atoms with Gasteiger partial charge in [0.05, 0.1) is 29.9 Å².